The molecule has 0 radical (unpaired) electrons. The summed E-state index contributed by atoms with van der Waals surface area (Å²) in [6, 6.07) is 0.0544. The van der Waals surface area contributed by atoms with Gasteiger partial charge in [-0.1, -0.05) is 6.42 Å². The van der Waals surface area contributed by atoms with Gasteiger partial charge in [-0.3, -0.25) is 9.59 Å². The fourth-order valence-electron chi connectivity index (χ4n) is 2.68. The van der Waals surface area contributed by atoms with Gasteiger partial charge in [-0.15, -0.1) is 0 Å². The van der Waals surface area contributed by atoms with Crippen LogP contribution in [0.3, 0.4) is 0 Å². The zero-order valence-corrected chi connectivity index (χ0v) is 13.1. The van der Waals surface area contributed by atoms with Gasteiger partial charge in [0, 0.05) is 25.0 Å². The van der Waals surface area contributed by atoms with Crippen molar-refractivity contribution >= 4 is 17.9 Å². The van der Waals surface area contributed by atoms with Crippen molar-refractivity contribution in [3.63, 3.8) is 0 Å². The third-order valence-corrected chi connectivity index (χ3v) is 4.29. The average molecular weight is 311 g/mol. The summed E-state index contributed by atoms with van der Waals surface area (Å²) < 4.78 is 4.95. The molecular weight excluding hydrogens is 286 g/mol. The first-order valence-corrected chi connectivity index (χ1v) is 8.09. The zero-order valence-electron chi connectivity index (χ0n) is 13.1. The first-order valence-electron chi connectivity index (χ1n) is 8.09. The van der Waals surface area contributed by atoms with Crippen molar-refractivity contribution in [3.05, 3.63) is 0 Å². The number of piperidine rings is 1. The molecule has 1 aliphatic heterocycles. The fraction of sp³-hybridized carbons (Fsp3) is 0.800. The highest BCUT2D eigenvalue weighted by Gasteiger charge is 2.26. The van der Waals surface area contributed by atoms with E-state index in [0.717, 1.165) is 19.3 Å². The predicted octanol–water partition coefficient (Wildman–Crippen LogP) is 0.640. The molecule has 0 aromatic carbocycles. The molecular formula is C15H25N3O4. The third-order valence-electron chi connectivity index (χ3n) is 4.29. The molecule has 1 saturated carbocycles. The van der Waals surface area contributed by atoms with Crippen molar-refractivity contribution in [1.29, 1.82) is 0 Å². The van der Waals surface area contributed by atoms with Crippen LogP contribution < -0.4 is 10.6 Å². The summed E-state index contributed by atoms with van der Waals surface area (Å²) in [6.07, 6.45) is 4.09. The maximum Gasteiger partial charge on any atom is 0.409 e. The predicted molar refractivity (Wildman–Crippen MR) is 80.1 cm³/mol. The Morgan fingerprint density at radius 3 is 2.36 bits per heavy atom. The summed E-state index contributed by atoms with van der Waals surface area (Å²) >= 11 is 0. The maximum absolute atomic E-state index is 11.8. The van der Waals surface area contributed by atoms with Gasteiger partial charge in [0.05, 0.1) is 13.2 Å². The smallest absolute Gasteiger partial charge is 0.409 e. The fourth-order valence-corrected chi connectivity index (χ4v) is 2.68. The van der Waals surface area contributed by atoms with Gasteiger partial charge in [-0.05, 0) is 32.6 Å². The van der Waals surface area contributed by atoms with Crippen LogP contribution in [0.25, 0.3) is 0 Å². The number of likely N-dealkylation sites (tertiary alicyclic amines) is 1. The van der Waals surface area contributed by atoms with Crippen LogP contribution in [0.1, 0.15) is 39.0 Å². The van der Waals surface area contributed by atoms with Crippen molar-refractivity contribution in [2.45, 2.75) is 45.1 Å². The Labute approximate surface area is 130 Å². The summed E-state index contributed by atoms with van der Waals surface area (Å²) in [5, 5.41) is 5.59. The Kier molecular flexibility index (Phi) is 6.03. The van der Waals surface area contributed by atoms with Crippen molar-refractivity contribution < 1.29 is 19.1 Å². The van der Waals surface area contributed by atoms with E-state index in [1.165, 1.54) is 0 Å². The first kappa shape index (κ1) is 16.6. The molecule has 7 heteroatoms. The topological polar surface area (TPSA) is 87.7 Å². The van der Waals surface area contributed by atoms with Crippen LogP contribution in [0.4, 0.5) is 4.79 Å². The molecule has 2 aliphatic rings. The standard InChI is InChI=1S/C15H25N3O4/c1-2-22-15(21)18-8-6-12(7-9-18)17-13(19)10-16-14(20)11-4-3-5-11/h11-12H,2-10H2,1H3,(H,16,20)(H,17,19). The highest BCUT2D eigenvalue weighted by Crippen LogP contribution is 2.25. The van der Waals surface area contributed by atoms with E-state index in [1.54, 1.807) is 11.8 Å². The van der Waals surface area contributed by atoms with E-state index in [-0.39, 0.29) is 36.4 Å². The summed E-state index contributed by atoms with van der Waals surface area (Å²) in [4.78, 5) is 36.7. The largest absolute Gasteiger partial charge is 0.450 e. The molecule has 2 N–H and O–H groups in total. The van der Waals surface area contributed by atoms with Crippen LogP contribution in [-0.4, -0.2) is 55.1 Å². The molecule has 0 atom stereocenters. The summed E-state index contributed by atoms with van der Waals surface area (Å²) in [5.74, 6) is -0.0820. The molecule has 0 aromatic heterocycles. The molecule has 1 aliphatic carbocycles. The molecule has 2 fully saturated rings. The minimum absolute atomic E-state index is 0.0152. The van der Waals surface area contributed by atoms with Crippen molar-refractivity contribution in [3.8, 4) is 0 Å². The summed E-state index contributed by atoms with van der Waals surface area (Å²) in [7, 11) is 0. The van der Waals surface area contributed by atoms with E-state index in [2.05, 4.69) is 10.6 Å². The van der Waals surface area contributed by atoms with E-state index >= 15 is 0 Å². The van der Waals surface area contributed by atoms with Crippen LogP contribution >= 0.6 is 0 Å². The number of carbonyl (C=O) groups excluding carboxylic acids is 3. The van der Waals surface area contributed by atoms with Crippen LogP contribution in [0.15, 0.2) is 0 Å². The second-order valence-electron chi connectivity index (χ2n) is 5.87. The lowest BCUT2D eigenvalue weighted by atomic mass is 9.85. The maximum atomic E-state index is 11.8. The molecule has 124 valence electrons. The monoisotopic (exact) mass is 311 g/mol. The van der Waals surface area contributed by atoms with E-state index in [0.29, 0.717) is 32.5 Å². The number of ether oxygens (including phenoxy) is 1. The number of rotatable bonds is 5. The average Bonchev–Trinajstić information content (AvgIpc) is 2.44. The number of nitrogens with zero attached hydrogens (tertiary/aromatic N) is 1. The quantitative estimate of drug-likeness (QED) is 0.780. The van der Waals surface area contributed by atoms with Gasteiger partial charge < -0.3 is 20.3 Å². The number of hydrogen-bond acceptors (Lipinski definition) is 4. The Hall–Kier alpha value is -1.79. The summed E-state index contributed by atoms with van der Waals surface area (Å²) in [5.41, 5.74) is 0. The van der Waals surface area contributed by atoms with Crippen LogP contribution in [0.2, 0.25) is 0 Å². The lowest BCUT2D eigenvalue weighted by Crippen LogP contribution is -2.49. The molecule has 0 unspecified atom stereocenters. The Morgan fingerprint density at radius 2 is 1.82 bits per heavy atom. The second kappa shape index (κ2) is 8.00. The SMILES string of the molecule is CCOC(=O)N1CCC(NC(=O)CNC(=O)C2CCC2)CC1. The molecule has 0 aromatic rings. The molecule has 22 heavy (non-hydrogen) atoms. The number of nitrogens with one attached hydrogen (secondary N) is 2. The number of amides is 3. The van der Waals surface area contributed by atoms with Gasteiger partial charge in [-0.25, -0.2) is 4.79 Å². The molecule has 7 nitrogen and oxygen atoms in total. The Balaban J connectivity index is 1.61. The van der Waals surface area contributed by atoms with Gasteiger partial charge >= 0.3 is 6.09 Å². The van der Waals surface area contributed by atoms with Gasteiger partial charge in [0.15, 0.2) is 0 Å². The normalized spacial score (nSPS) is 19.2. The van der Waals surface area contributed by atoms with Crippen molar-refractivity contribution in [2.24, 2.45) is 5.92 Å². The molecule has 2 rings (SSSR count). The lowest BCUT2D eigenvalue weighted by molar-refractivity contribution is -0.130. The van der Waals surface area contributed by atoms with E-state index in [1.807, 2.05) is 0 Å². The molecule has 1 saturated heterocycles. The second-order valence-corrected chi connectivity index (χ2v) is 5.87. The molecule has 0 spiro atoms. The van der Waals surface area contributed by atoms with Gasteiger partial charge in [0.2, 0.25) is 11.8 Å². The first-order chi connectivity index (χ1) is 10.6. The van der Waals surface area contributed by atoms with Gasteiger partial charge in [0.25, 0.3) is 0 Å². The minimum atomic E-state index is -0.292. The van der Waals surface area contributed by atoms with Gasteiger partial charge in [0.1, 0.15) is 0 Å². The Morgan fingerprint density at radius 1 is 1.14 bits per heavy atom. The highest BCUT2D eigenvalue weighted by atomic mass is 16.6. The minimum Gasteiger partial charge on any atom is -0.450 e. The Bertz CT molecular complexity index is 415. The molecule has 1 heterocycles. The van der Waals surface area contributed by atoms with Crippen molar-refractivity contribution in [1.82, 2.24) is 15.5 Å². The zero-order chi connectivity index (χ0) is 15.9. The third kappa shape index (κ3) is 4.61. The molecule has 0 bridgehead atoms. The highest BCUT2D eigenvalue weighted by molar-refractivity contribution is 5.86. The number of hydrogen-bond donors (Lipinski definition) is 2. The van der Waals surface area contributed by atoms with Crippen LogP contribution in [-0.2, 0) is 14.3 Å². The number of carbonyl (C=O) groups is 3. The summed E-state index contributed by atoms with van der Waals surface area (Å²) in [6.45, 7) is 3.35. The van der Waals surface area contributed by atoms with Crippen LogP contribution in [0.5, 0.6) is 0 Å². The van der Waals surface area contributed by atoms with Crippen molar-refractivity contribution in [2.75, 3.05) is 26.2 Å². The van der Waals surface area contributed by atoms with E-state index < -0.39 is 0 Å². The van der Waals surface area contributed by atoms with E-state index in [9.17, 15) is 14.4 Å². The van der Waals surface area contributed by atoms with Gasteiger partial charge in [-0.2, -0.15) is 0 Å². The lowest BCUT2D eigenvalue weighted by Gasteiger charge is -2.31. The van der Waals surface area contributed by atoms with E-state index in [4.69, 9.17) is 4.74 Å². The molecule has 3 amide bonds. The van der Waals surface area contributed by atoms with Crippen LogP contribution in [0, 0.1) is 5.92 Å².